The van der Waals surface area contributed by atoms with Crippen molar-refractivity contribution in [3.05, 3.63) is 72.3 Å². The lowest BCUT2D eigenvalue weighted by molar-refractivity contribution is -0.117. The lowest BCUT2D eigenvalue weighted by atomic mass is 10.0. The van der Waals surface area contributed by atoms with Crippen molar-refractivity contribution in [1.82, 2.24) is 4.90 Å². The molecule has 25 heavy (non-hydrogen) atoms. The molecule has 3 aromatic carbocycles. The molecule has 0 saturated heterocycles. The van der Waals surface area contributed by atoms with Crippen LogP contribution in [0.1, 0.15) is 5.56 Å². The number of nitrogens with one attached hydrogen (secondary N) is 1. The molecular weight excluding hydrogens is 328 g/mol. The van der Waals surface area contributed by atoms with Crippen LogP contribution in [-0.4, -0.2) is 30.7 Å². The van der Waals surface area contributed by atoms with Crippen LogP contribution in [-0.2, 0) is 11.3 Å². The number of para-hydroxylation sites is 1. The fraction of sp³-hybridized carbons (Fsp3) is 0.190. The molecule has 0 fully saturated rings. The van der Waals surface area contributed by atoms with Crippen molar-refractivity contribution >= 4 is 34.1 Å². The smallest absolute Gasteiger partial charge is 0.238 e. The number of likely N-dealkylation sites (N-methyl/N-ethyl adjacent to an activating group) is 1. The molecule has 0 aliphatic carbocycles. The summed E-state index contributed by atoms with van der Waals surface area (Å²) >= 11 is 1.63. The monoisotopic (exact) mass is 350 g/mol. The molecule has 0 aliphatic heterocycles. The molecule has 0 radical (unpaired) electrons. The summed E-state index contributed by atoms with van der Waals surface area (Å²) in [5, 5.41) is 5.48. The zero-order valence-electron chi connectivity index (χ0n) is 14.5. The van der Waals surface area contributed by atoms with Crippen LogP contribution in [0.5, 0.6) is 0 Å². The van der Waals surface area contributed by atoms with Crippen LogP contribution in [0.4, 0.5) is 5.69 Å². The first-order valence-electron chi connectivity index (χ1n) is 8.25. The van der Waals surface area contributed by atoms with Gasteiger partial charge >= 0.3 is 0 Å². The molecule has 0 aliphatic rings. The third kappa shape index (κ3) is 4.41. The van der Waals surface area contributed by atoms with E-state index in [0.29, 0.717) is 6.54 Å². The second kappa shape index (κ2) is 8.19. The third-order valence-electron chi connectivity index (χ3n) is 4.11. The Kier molecular flexibility index (Phi) is 5.74. The van der Waals surface area contributed by atoms with E-state index in [1.165, 1.54) is 16.3 Å². The Morgan fingerprint density at radius 1 is 1.00 bits per heavy atom. The molecular formula is C21H22N2OS. The quantitative estimate of drug-likeness (QED) is 0.658. The second-order valence-electron chi connectivity index (χ2n) is 6.06. The Balaban J connectivity index is 1.65. The van der Waals surface area contributed by atoms with Crippen LogP contribution in [0.25, 0.3) is 10.8 Å². The Bertz CT molecular complexity index is 873. The minimum Gasteiger partial charge on any atom is -0.324 e. The predicted molar refractivity (Wildman–Crippen MR) is 107 cm³/mol. The summed E-state index contributed by atoms with van der Waals surface area (Å²) in [6.07, 6.45) is 2.01. The average Bonchev–Trinajstić information content (AvgIpc) is 2.62. The lowest BCUT2D eigenvalue weighted by Crippen LogP contribution is -2.30. The fourth-order valence-electron chi connectivity index (χ4n) is 2.96. The molecule has 0 spiro atoms. The van der Waals surface area contributed by atoms with E-state index in [2.05, 4.69) is 41.7 Å². The van der Waals surface area contributed by atoms with Crippen molar-refractivity contribution in [2.75, 3.05) is 25.2 Å². The van der Waals surface area contributed by atoms with Crippen LogP contribution in [0.15, 0.2) is 71.6 Å². The maximum atomic E-state index is 12.4. The molecule has 3 aromatic rings. The number of anilines is 1. The zero-order chi connectivity index (χ0) is 17.6. The summed E-state index contributed by atoms with van der Waals surface area (Å²) in [5.41, 5.74) is 2.11. The maximum absolute atomic E-state index is 12.4. The van der Waals surface area contributed by atoms with E-state index < -0.39 is 0 Å². The zero-order valence-corrected chi connectivity index (χ0v) is 15.3. The number of fused-ring (bicyclic) bond motifs is 1. The maximum Gasteiger partial charge on any atom is 0.238 e. The molecule has 3 nitrogen and oxygen atoms in total. The van der Waals surface area contributed by atoms with Crippen molar-refractivity contribution < 1.29 is 4.79 Å². The molecule has 0 saturated carbocycles. The van der Waals surface area contributed by atoms with Gasteiger partial charge in [-0.3, -0.25) is 9.69 Å². The number of benzene rings is 3. The minimum atomic E-state index is 0.00392. The molecule has 0 unspecified atom stereocenters. The van der Waals surface area contributed by atoms with E-state index in [4.69, 9.17) is 0 Å². The number of nitrogens with zero attached hydrogens (tertiary/aromatic N) is 1. The van der Waals surface area contributed by atoms with Gasteiger partial charge in [-0.1, -0.05) is 54.6 Å². The van der Waals surface area contributed by atoms with E-state index >= 15 is 0 Å². The van der Waals surface area contributed by atoms with Gasteiger partial charge in [0.2, 0.25) is 5.91 Å². The first-order chi connectivity index (χ1) is 12.2. The lowest BCUT2D eigenvalue weighted by Gasteiger charge is -2.18. The fourth-order valence-corrected chi connectivity index (χ4v) is 3.51. The van der Waals surface area contributed by atoms with Gasteiger partial charge in [-0.2, -0.15) is 0 Å². The average molecular weight is 350 g/mol. The minimum absolute atomic E-state index is 0.00392. The summed E-state index contributed by atoms with van der Waals surface area (Å²) in [5.74, 6) is 0.00392. The topological polar surface area (TPSA) is 32.3 Å². The molecule has 0 bridgehead atoms. The molecule has 4 heteroatoms. The summed E-state index contributed by atoms with van der Waals surface area (Å²) in [6, 6.07) is 22.5. The number of amides is 1. The number of hydrogen-bond acceptors (Lipinski definition) is 3. The Labute approximate surface area is 153 Å². The summed E-state index contributed by atoms with van der Waals surface area (Å²) in [7, 11) is 1.97. The van der Waals surface area contributed by atoms with Crippen LogP contribution in [0.3, 0.4) is 0 Å². The summed E-state index contributed by atoms with van der Waals surface area (Å²) in [4.78, 5) is 15.5. The second-order valence-corrected chi connectivity index (χ2v) is 6.91. The molecule has 1 amide bonds. The van der Waals surface area contributed by atoms with Gasteiger partial charge in [-0.15, -0.1) is 11.8 Å². The number of rotatable bonds is 6. The van der Waals surface area contributed by atoms with Gasteiger partial charge in [-0.05, 0) is 41.8 Å². The van der Waals surface area contributed by atoms with Crippen molar-refractivity contribution in [2.24, 2.45) is 0 Å². The van der Waals surface area contributed by atoms with Gasteiger partial charge in [0.25, 0.3) is 0 Å². The first-order valence-corrected chi connectivity index (χ1v) is 9.48. The van der Waals surface area contributed by atoms with Gasteiger partial charge in [0.1, 0.15) is 0 Å². The highest BCUT2D eigenvalue weighted by Crippen LogP contribution is 2.24. The first kappa shape index (κ1) is 17.5. The van der Waals surface area contributed by atoms with Gasteiger partial charge in [0, 0.05) is 11.4 Å². The Morgan fingerprint density at radius 3 is 2.56 bits per heavy atom. The molecule has 0 aromatic heterocycles. The largest absolute Gasteiger partial charge is 0.324 e. The van der Waals surface area contributed by atoms with Crippen molar-refractivity contribution in [3.8, 4) is 0 Å². The van der Waals surface area contributed by atoms with E-state index in [-0.39, 0.29) is 5.91 Å². The van der Waals surface area contributed by atoms with E-state index in [0.717, 1.165) is 17.1 Å². The van der Waals surface area contributed by atoms with Crippen molar-refractivity contribution in [1.29, 1.82) is 0 Å². The highest BCUT2D eigenvalue weighted by Gasteiger charge is 2.10. The van der Waals surface area contributed by atoms with Crippen LogP contribution in [0, 0.1) is 0 Å². The van der Waals surface area contributed by atoms with Crippen LogP contribution >= 0.6 is 11.8 Å². The van der Waals surface area contributed by atoms with E-state index in [1.54, 1.807) is 11.8 Å². The van der Waals surface area contributed by atoms with Crippen LogP contribution < -0.4 is 5.32 Å². The number of carbonyl (C=O) groups is 1. The standard InChI is InChI=1S/C21H22N2OS/c1-23(14-17-10-7-9-16-8-3-4-11-18(16)17)15-21(24)22-19-12-5-6-13-20(19)25-2/h3-13H,14-15H2,1-2H3,(H,22,24). The molecule has 0 atom stereocenters. The highest BCUT2D eigenvalue weighted by molar-refractivity contribution is 7.98. The van der Waals surface area contributed by atoms with Gasteiger partial charge < -0.3 is 5.32 Å². The van der Waals surface area contributed by atoms with Crippen LogP contribution in [0.2, 0.25) is 0 Å². The number of carbonyl (C=O) groups excluding carboxylic acids is 1. The van der Waals surface area contributed by atoms with Gasteiger partial charge in [-0.25, -0.2) is 0 Å². The number of hydrogen-bond donors (Lipinski definition) is 1. The van der Waals surface area contributed by atoms with E-state index in [1.807, 2.05) is 48.5 Å². The van der Waals surface area contributed by atoms with Gasteiger partial charge in [0.15, 0.2) is 0 Å². The van der Waals surface area contributed by atoms with E-state index in [9.17, 15) is 4.79 Å². The van der Waals surface area contributed by atoms with Gasteiger partial charge in [0.05, 0.1) is 12.2 Å². The van der Waals surface area contributed by atoms with Crippen molar-refractivity contribution in [2.45, 2.75) is 11.4 Å². The number of thioether (sulfide) groups is 1. The van der Waals surface area contributed by atoms with Crippen molar-refractivity contribution in [3.63, 3.8) is 0 Å². The Morgan fingerprint density at radius 2 is 1.72 bits per heavy atom. The SMILES string of the molecule is CSc1ccccc1NC(=O)CN(C)Cc1cccc2ccccc12. The summed E-state index contributed by atoms with van der Waals surface area (Å²) in [6.45, 7) is 1.09. The molecule has 1 N–H and O–H groups in total. The molecule has 128 valence electrons. The third-order valence-corrected chi connectivity index (χ3v) is 4.91. The normalized spacial score (nSPS) is 11.0. The highest BCUT2D eigenvalue weighted by atomic mass is 32.2. The molecule has 3 rings (SSSR count). The Hall–Kier alpha value is -2.30. The molecule has 0 heterocycles. The summed E-state index contributed by atoms with van der Waals surface area (Å²) < 4.78 is 0. The predicted octanol–water partition coefficient (Wildman–Crippen LogP) is 4.63.